The molecule has 0 atom stereocenters. The topological polar surface area (TPSA) is 27.8 Å². The van der Waals surface area contributed by atoms with E-state index in [1.165, 1.54) is 22.2 Å². The second-order valence-corrected chi connectivity index (χ2v) is 4.69. The highest BCUT2D eigenvalue weighted by molar-refractivity contribution is 9.10. The number of aryl methyl sites for hydroxylation is 1. The van der Waals surface area contributed by atoms with Crippen molar-refractivity contribution in [1.29, 1.82) is 0 Å². The maximum Gasteiger partial charge on any atom is 0.0470 e. The molecule has 80 valence electrons. The van der Waals surface area contributed by atoms with Crippen molar-refractivity contribution in [2.45, 2.75) is 13.3 Å². The summed E-state index contributed by atoms with van der Waals surface area (Å²) >= 11 is 3.49. The molecule has 0 fully saturated rings. The number of hydrogen-bond acceptors (Lipinski definition) is 1. The zero-order valence-corrected chi connectivity index (χ0v) is 10.6. The SMILES string of the molecule is CNCCc1c(C)[nH]c2cc(Br)ccc12. The predicted molar refractivity (Wildman–Crippen MR) is 68.4 cm³/mol. The number of aromatic amines is 1. The van der Waals surface area contributed by atoms with Crippen molar-refractivity contribution in [3.05, 3.63) is 33.9 Å². The van der Waals surface area contributed by atoms with Crippen LogP contribution >= 0.6 is 15.9 Å². The Hall–Kier alpha value is -0.800. The number of aromatic nitrogens is 1. The van der Waals surface area contributed by atoms with Gasteiger partial charge in [0.2, 0.25) is 0 Å². The van der Waals surface area contributed by atoms with E-state index in [2.05, 4.69) is 51.4 Å². The summed E-state index contributed by atoms with van der Waals surface area (Å²) < 4.78 is 1.12. The number of nitrogens with one attached hydrogen (secondary N) is 2. The molecule has 2 aromatic rings. The van der Waals surface area contributed by atoms with Gasteiger partial charge in [0, 0.05) is 21.1 Å². The number of rotatable bonds is 3. The average Bonchev–Trinajstić information content (AvgIpc) is 2.50. The number of halogens is 1. The lowest BCUT2D eigenvalue weighted by molar-refractivity contribution is 0.791. The molecular formula is C12H15BrN2. The molecule has 0 radical (unpaired) electrons. The molecule has 2 nitrogen and oxygen atoms in total. The summed E-state index contributed by atoms with van der Waals surface area (Å²) in [6.07, 6.45) is 1.07. The Labute approximate surface area is 98.2 Å². The molecule has 0 aliphatic rings. The van der Waals surface area contributed by atoms with E-state index in [1.54, 1.807) is 0 Å². The summed E-state index contributed by atoms with van der Waals surface area (Å²) in [7, 11) is 1.99. The second-order valence-electron chi connectivity index (χ2n) is 3.77. The van der Waals surface area contributed by atoms with Gasteiger partial charge in [0.15, 0.2) is 0 Å². The molecule has 0 aliphatic carbocycles. The van der Waals surface area contributed by atoms with Crippen molar-refractivity contribution in [1.82, 2.24) is 10.3 Å². The molecule has 1 aromatic heterocycles. The lowest BCUT2D eigenvalue weighted by Gasteiger charge is -2.00. The first-order valence-corrected chi connectivity index (χ1v) is 5.93. The Balaban J connectivity index is 2.48. The third-order valence-electron chi connectivity index (χ3n) is 2.71. The van der Waals surface area contributed by atoms with Crippen molar-refractivity contribution in [3.8, 4) is 0 Å². The van der Waals surface area contributed by atoms with Crippen molar-refractivity contribution in [2.24, 2.45) is 0 Å². The third-order valence-corrected chi connectivity index (χ3v) is 3.20. The Morgan fingerprint density at radius 3 is 2.93 bits per heavy atom. The first kappa shape index (κ1) is 10.7. The fourth-order valence-corrected chi connectivity index (χ4v) is 2.30. The molecule has 1 heterocycles. The highest BCUT2D eigenvalue weighted by Crippen LogP contribution is 2.25. The van der Waals surface area contributed by atoms with Gasteiger partial charge in [-0.1, -0.05) is 22.0 Å². The van der Waals surface area contributed by atoms with Gasteiger partial charge in [-0.25, -0.2) is 0 Å². The maximum absolute atomic E-state index is 3.49. The Kier molecular flexibility index (Phi) is 3.12. The van der Waals surface area contributed by atoms with E-state index in [-0.39, 0.29) is 0 Å². The van der Waals surface area contributed by atoms with Crippen LogP contribution in [0.3, 0.4) is 0 Å². The Bertz CT molecular complexity index is 474. The van der Waals surface area contributed by atoms with Crippen LogP contribution in [0.4, 0.5) is 0 Å². The maximum atomic E-state index is 3.49. The molecule has 0 spiro atoms. The van der Waals surface area contributed by atoms with E-state index in [0.29, 0.717) is 0 Å². The van der Waals surface area contributed by atoms with Gasteiger partial charge in [0.25, 0.3) is 0 Å². The van der Waals surface area contributed by atoms with Crippen LogP contribution in [0.1, 0.15) is 11.3 Å². The third kappa shape index (κ3) is 2.08. The van der Waals surface area contributed by atoms with Gasteiger partial charge in [-0.3, -0.25) is 0 Å². The Morgan fingerprint density at radius 2 is 2.20 bits per heavy atom. The highest BCUT2D eigenvalue weighted by atomic mass is 79.9. The van der Waals surface area contributed by atoms with Gasteiger partial charge in [-0.15, -0.1) is 0 Å². The minimum Gasteiger partial charge on any atom is -0.358 e. The summed E-state index contributed by atoms with van der Waals surface area (Å²) in [5.74, 6) is 0. The van der Waals surface area contributed by atoms with E-state index < -0.39 is 0 Å². The number of benzene rings is 1. The van der Waals surface area contributed by atoms with Gasteiger partial charge in [-0.05, 0) is 44.6 Å². The van der Waals surface area contributed by atoms with Crippen LogP contribution in [0.2, 0.25) is 0 Å². The number of hydrogen-bond donors (Lipinski definition) is 2. The monoisotopic (exact) mass is 266 g/mol. The smallest absolute Gasteiger partial charge is 0.0470 e. The fraction of sp³-hybridized carbons (Fsp3) is 0.333. The van der Waals surface area contributed by atoms with E-state index in [4.69, 9.17) is 0 Å². The van der Waals surface area contributed by atoms with Crippen molar-refractivity contribution >= 4 is 26.8 Å². The summed E-state index contributed by atoms with van der Waals surface area (Å²) in [6, 6.07) is 6.40. The van der Waals surface area contributed by atoms with Gasteiger partial charge in [0.05, 0.1) is 0 Å². The molecule has 1 aromatic carbocycles. The lowest BCUT2D eigenvalue weighted by Crippen LogP contribution is -2.10. The summed E-state index contributed by atoms with van der Waals surface area (Å²) in [4.78, 5) is 3.42. The number of H-pyrrole nitrogens is 1. The molecular weight excluding hydrogens is 252 g/mol. The van der Waals surface area contributed by atoms with Crippen LogP contribution in [0.15, 0.2) is 22.7 Å². The molecule has 2 rings (SSSR count). The minimum absolute atomic E-state index is 1.02. The van der Waals surface area contributed by atoms with Crippen molar-refractivity contribution < 1.29 is 0 Å². The Morgan fingerprint density at radius 1 is 1.40 bits per heavy atom. The molecule has 3 heteroatoms. The first-order valence-electron chi connectivity index (χ1n) is 5.13. The second kappa shape index (κ2) is 4.37. The van der Waals surface area contributed by atoms with Crippen LogP contribution in [0.25, 0.3) is 10.9 Å². The molecule has 0 saturated heterocycles. The standard InChI is InChI=1S/C12H15BrN2/c1-8-10(5-6-14-2)11-4-3-9(13)7-12(11)15-8/h3-4,7,14-15H,5-6H2,1-2H3. The van der Waals surface area contributed by atoms with Crippen LogP contribution < -0.4 is 5.32 Å². The molecule has 0 bridgehead atoms. The number of fused-ring (bicyclic) bond motifs is 1. The normalized spacial score (nSPS) is 11.1. The van der Waals surface area contributed by atoms with Crippen LogP contribution in [0, 0.1) is 6.92 Å². The lowest BCUT2D eigenvalue weighted by atomic mass is 10.1. The largest absolute Gasteiger partial charge is 0.358 e. The number of likely N-dealkylation sites (N-methyl/N-ethyl adjacent to an activating group) is 1. The van der Waals surface area contributed by atoms with Crippen molar-refractivity contribution in [3.63, 3.8) is 0 Å². The molecule has 0 saturated carbocycles. The van der Waals surface area contributed by atoms with E-state index in [1.807, 2.05) is 7.05 Å². The quantitative estimate of drug-likeness (QED) is 0.879. The van der Waals surface area contributed by atoms with Crippen LogP contribution in [-0.4, -0.2) is 18.6 Å². The zero-order chi connectivity index (χ0) is 10.8. The summed E-state index contributed by atoms with van der Waals surface area (Å²) in [6.45, 7) is 3.16. The molecule has 0 amide bonds. The van der Waals surface area contributed by atoms with Crippen LogP contribution in [-0.2, 0) is 6.42 Å². The predicted octanol–water partition coefficient (Wildman–Crippen LogP) is 3.00. The van der Waals surface area contributed by atoms with Crippen LogP contribution in [0.5, 0.6) is 0 Å². The molecule has 0 aliphatic heterocycles. The van der Waals surface area contributed by atoms with Gasteiger partial charge in [0.1, 0.15) is 0 Å². The summed E-state index contributed by atoms with van der Waals surface area (Å²) in [5.41, 5.74) is 3.91. The highest BCUT2D eigenvalue weighted by Gasteiger charge is 2.07. The fourth-order valence-electron chi connectivity index (χ4n) is 1.93. The molecule has 15 heavy (non-hydrogen) atoms. The van der Waals surface area contributed by atoms with E-state index >= 15 is 0 Å². The minimum atomic E-state index is 1.02. The first-order chi connectivity index (χ1) is 7.22. The van der Waals surface area contributed by atoms with E-state index in [9.17, 15) is 0 Å². The molecule has 2 N–H and O–H groups in total. The van der Waals surface area contributed by atoms with E-state index in [0.717, 1.165) is 17.4 Å². The van der Waals surface area contributed by atoms with Crippen molar-refractivity contribution in [2.75, 3.05) is 13.6 Å². The molecule has 0 unspecified atom stereocenters. The summed E-state index contributed by atoms with van der Waals surface area (Å²) in [5, 5.41) is 4.52. The zero-order valence-electron chi connectivity index (χ0n) is 9.02. The average molecular weight is 267 g/mol. The van der Waals surface area contributed by atoms with Gasteiger partial charge < -0.3 is 10.3 Å². The van der Waals surface area contributed by atoms with Gasteiger partial charge in [-0.2, -0.15) is 0 Å². The van der Waals surface area contributed by atoms with Gasteiger partial charge >= 0.3 is 0 Å².